The molecule has 0 aliphatic heterocycles. The van der Waals surface area contributed by atoms with Gasteiger partial charge in [0.25, 0.3) is 0 Å². The van der Waals surface area contributed by atoms with Crippen LogP contribution in [0.15, 0.2) is 18.2 Å². The fourth-order valence-electron chi connectivity index (χ4n) is 1.85. The summed E-state index contributed by atoms with van der Waals surface area (Å²) in [6.45, 7) is 0. The van der Waals surface area contributed by atoms with Crippen LogP contribution in [-0.2, 0) is 11.7 Å². The zero-order valence-electron chi connectivity index (χ0n) is 8.66. The molecule has 5 heteroatoms. The number of alkyl halides is 3. The van der Waals surface area contributed by atoms with E-state index in [1.807, 2.05) is 0 Å². The SMILES string of the molecule is CNC1(c2ccc(Cl)c(C(F)(F)F)c2)CC1. The number of hydrogen-bond acceptors (Lipinski definition) is 1. The molecule has 1 aliphatic rings. The number of hydrogen-bond donors (Lipinski definition) is 1. The maximum absolute atomic E-state index is 12.6. The minimum Gasteiger partial charge on any atom is -0.310 e. The first-order chi connectivity index (χ1) is 7.39. The summed E-state index contributed by atoms with van der Waals surface area (Å²) in [5, 5.41) is 2.81. The largest absolute Gasteiger partial charge is 0.417 e. The second-order valence-electron chi connectivity index (χ2n) is 4.02. The molecule has 2 rings (SSSR count). The van der Waals surface area contributed by atoms with Crippen LogP contribution in [-0.4, -0.2) is 7.05 Å². The topological polar surface area (TPSA) is 12.0 Å². The lowest BCUT2D eigenvalue weighted by Gasteiger charge is -2.17. The van der Waals surface area contributed by atoms with Crippen LogP contribution in [0.4, 0.5) is 13.2 Å². The van der Waals surface area contributed by atoms with Crippen LogP contribution in [0.25, 0.3) is 0 Å². The molecule has 1 saturated carbocycles. The fourth-order valence-corrected chi connectivity index (χ4v) is 2.07. The number of benzene rings is 1. The van der Waals surface area contributed by atoms with Crippen molar-refractivity contribution in [2.45, 2.75) is 24.6 Å². The molecule has 1 nitrogen and oxygen atoms in total. The average Bonchev–Trinajstić information content (AvgIpc) is 2.97. The third kappa shape index (κ3) is 1.92. The summed E-state index contributed by atoms with van der Waals surface area (Å²) in [6.07, 6.45) is -2.66. The van der Waals surface area contributed by atoms with Crippen LogP contribution in [0.5, 0.6) is 0 Å². The van der Waals surface area contributed by atoms with Crippen molar-refractivity contribution in [3.05, 3.63) is 34.3 Å². The van der Waals surface area contributed by atoms with E-state index in [-0.39, 0.29) is 10.6 Å². The highest BCUT2D eigenvalue weighted by Crippen LogP contribution is 2.47. The van der Waals surface area contributed by atoms with Crippen LogP contribution in [0.3, 0.4) is 0 Å². The van der Waals surface area contributed by atoms with Gasteiger partial charge in [0.05, 0.1) is 10.6 Å². The van der Waals surface area contributed by atoms with E-state index < -0.39 is 11.7 Å². The van der Waals surface area contributed by atoms with Crippen molar-refractivity contribution in [3.63, 3.8) is 0 Å². The van der Waals surface area contributed by atoms with Gasteiger partial charge in [-0.1, -0.05) is 17.7 Å². The highest BCUT2D eigenvalue weighted by atomic mass is 35.5. The molecule has 1 aromatic rings. The molecule has 0 saturated heterocycles. The molecule has 0 spiro atoms. The molecule has 1 aromatic carbocycles. The summed E-state index contributed by atoms with van der Waals surface area (Å²) in [5.74, 6) is 0. The highest BCUT2D eigenvalue weighted by molar-refractivity contribution is 6.31. The number of halogens is 4. The summed E-state index contributed by atoms with van der Waals surface area (Å²) in [6, 6.07) is 4.12. The van der Waals surface area contributed by atoms with E-state index >= 15 is 0 Å². The molecule has 88 valence electrons. The molecule has 0 heterocycles. The van der Waals surface area contributed by atoms with Crippen LogP contribution in [0.1, 0.15) is 24.0 Å². The average molecular weight is 250 g/mol. The molecule has 1 N–H and O–H groups in total. The van der Waals surface area contributed by atoms with Crippen molar-refractivity contribution in [2.24, 2.45) is 0 Å². The molecule has 0 aromatic heterocycles. The van der Waals surface area contributed by atoms with E-state index in [9.17, 15) is 13.2 Å². The first kappa shape index (κ1) is 11.7. The lowest BCUT2D eigenvalue weighted by Crippen LogP contribution is -2.25. The number of nitrogens with one attached hydrogen (secondary N) is 1. The van der Waals surface area contributed by atoms with Crippen LogP contribution in [0.2, 0.25) is 5.02 Å². The van der Waals surface area contributed by atoms with Gasteiger partial charge in [-0.25, -0.2) is 0 Å². The van der Waals surface area contributed by atoms with Crippen molar-refractivity contribution in [2.75, 3.05) is 7.05 Å². The molecule has 16 heavy (non-hydrogen) atoms. The van der Waals surface area contributed by atoms with E-state index in [2.05, 4.69) is 5.32 Å². The van der Waals surface area contributed by atoms with Crippen molar-refractivity contribution < 1.29 is 13.2 Å². The van der Waals surface area contributed by atoms with Gasteiger partial charge in [-0.15, -0.1) is 0 Å². The Morgan fingerprint density at radius 2 is 1.94 bits per heavy atom. The van der Waals surface area contributed by atoms with Gasteiger partial charge in [0, 0.05) is 5.54 Å². The predicted octanol–water partition coefficient (Wildman–Crippen LogP) is 3.57. The van der Waals surface area contributed by atoms with Crippen molar-refractivity contribution in [3.8, 4) is 0 Å². The van der Waals surface area contributed by atoms with Crippen LogP contribution >= 0.6 is 11.6 Å². The Morgan fingerprint density at radius 1 is 1.31 bits per heavy atom. The monoisotopic (exact) mass is 249 g/mol. The van der Waals surface area contributed by atoms with E-state index in [1.165, 1.54) is 6.07 Å². The fraction of sp³-hybridized carbons (Fsp3) is 0.455. The van der Waals surface area contributed by atoms with Crippen molar-refractivity contribution in [1.82, 2.24) is 5.32 Å². The zero-order valence-corrected chi connectivity index (χ0v) is 9.41. The third-order valence-corrected chi connectivity index (χ3v) is 3.38. The Balaban J connectivity index is 2.44. The standard InChI is InChI=1S/C11H11ClF3N/c1-16-10(4-5-10)7-2-3-9(12)8(6-7)11(13,14)15/h2-3,6,16H,4-5H2,1H3. The summed E-state index contributed by atoms with van der Waals surface area (Å²) in [7, 11) is 1.76. The Labute approximate surface area is 96.6 Å². The van der Waals surface area contributed by atoms with E-state index in [0.717, 1.165) is 18.9 Å². The third-order valence-electron chi connectivity index (χ3n) is 3.05. The predicted molar refractivity (Wildman–Crippen MR) is 56.4 cm³/mol. The quantitative estimate of drug-likeness (QED) is 0.845. The van der Waals surface area contributed by atoms with Gasteiger partial charge >= 0.3 is 6.18 Å². The minimum absolute atomic E-state index is 0.247. The second-order valence-corrected chi connectivity index (χ2v) is 4.43. The summed E-state index contributed by atoms with van der Waals surface area (Å²) in [4.78, 5) is 0. The van der Waals surface area contributed by atoms with Gasteiger partial charge in [-0.3, -0.25) is 0 Å². The van der Waals surface area contributed by atoms with Gasteiger partial charge < -0.3 is 5.32 Å². The molecule has 0 bridgehead atoms. The Bertz CT molecular complexity index is 410. The summed E-state index contributed by atoms with van der Waals surface area (Å²) in [5.41, 5.74) is -0.371. The molecule has 0 radical (unpaired) electrons. The van der Waals surface area contributed by atoms with E-state index in [4.69, 9.17) is 11.6 Å². The minimum atomic E-state index is -4.39. The van der Waals surface area contributed by atoms with Gasteiger partial charge in [0.1, 0.15) is 0 Å². The van der Waals surface area contributed by atoms with Crippen LogP contribution in [0, 0.1) is 0 Å². The first-order valence-electron chi connectivity index (χ1n) is 4.95. The second kappa shape index (κ2) is 3.64. The highest BCUT2D eigenvalue weighted by Gasteiger charge is 2.44. The lowest BCUT2D eigenvalue weighted by molar-refractivity contribution is -0.137. The first-order valence-corrected chi connectivity index (χ1v) is 5.33. The Kier molecular flexibility index (Phi) is 2.67. The maximum Gasteiger partial charge on any atom is 0.417 e. The molecule has 1 fully saturated rings. The normalized spacial score (nSPS) is 18.6. The Hall–Kier alpha value is -0.740. The molecule has 1 aliphatic carbocycles. The van der Waals surface area contributed by atoms with Gasteiger partial charge in [-0.2, -0.15) is 13.2 Å². The summed E-state index contributed by atoms with van der Waals surface area (Å²) < 4.78 is 37.9. The van der Waals surface area contributed by atoms with Gasteiger partial charge in [0.2, 0.25) is 0 Å². The van der Waals surface area contributed by atoms with Gasteiger partial charge in [-0.05, 0) is 37.6 Å². The zero-order chi connectivity index (χ0) is 12.0. The molecular formula is C11H11ClF3N. The van der Waals surface area contributed by atoms with Crippen molar-refractivity contribution in [1.29, 1.82) is 0 Å². The molecular weight excluding hydrogens is 239 g/mol. The van der Waals surface area contributed by atoms with Gasteiger partial charge in [0.15, 0.2) is 0 Å². The lowest BCUT2D eigenvalue weighted by atomic mass is 10.0. The molecule has 0 amide bonds. The van der Waals surface area contributed by atoms with Crippen molar-refractivity contribution >= 4 is 11.6 Å². The molecule has 0 unspecified atom stereocenters. The molecule has 0 atom stereocenters. The maximum atomic E-state index is 12.6. The van der Waals surface area contributed by atoms with Crippen LogP contribution < -0.4 is 5.32 Å². The van der Waals surface area contributed by atoms with E-state index in [0.29, 0.717) is 5.56 Å². The Morgan fingerprint density at radius 3 is 2.38 bits per heavy atom. The number of rotatable bonds is 2. The smallest absolute Gasteiger partial charge is 0.310 e. The summed E-state index contributed by atoms with van der Waals surface area (Å²) >= 11 is 5.55. The van der Waals surface area contributed by atoms with E-state index in [1.54, 1.807) is 13.1 Å².